The summed E-state index contributed by atoms with van der Waals surface area (Å²) in [7, 11) is 1.73. The first-order chi connectivity index (χ1) is 8.86. The van der Waals surface area contributed by atoms with Crippen molar-refractivity contribution in [3.05, 3.63) is 22.5 Å². The Bertz CT molecular complexity index is 596. The number of carbonyl (C=O) groups is 1. The molecule has 0 saturated heterocycles. The molecule has 0 bridgehead atoms. The van der Waals surface area contributed by atoms with Gasteiger partial charge in [0.25, 0.3) is 5.91 Å². The lowest BCUT2D eigenvalue weighted by Crippen LogP contribution is -2.28. The predicted octanol–water partition coefficient (Wildman–Crippen LogP) is 3.99. The molecule has 0 aromatic carbocycles. The SMILES string of the molecule is CNc1nn(C(=O)C(C)(C)C)c(-c2cccs2)c1Cl. The Morgan fingerprint density at radius 1 is 1.47 bits per heavy atom. The minimum Gasteiger partial charge on any atom is -0.370 e. The highest BCUT2D eigenvalue weighted by atomic mass is 35.5. The number of aromatic nitrogens is 2. The monoisotopic (exact) mass is 297 g/mol. The van der Waals surface area contributed by atoms with Gasteiger partial charge in [0.15, 0.2) is 5.82 Å². The summed E-state index contributed by atoms with van der Waals surface area (Å²) in [6, 6.07) is 3.85. The van der Waals surface area contributed by atoms with Gasteiger partial charge in [-0.3, -0.25) is 4.79 Å². The van der Waals surface area contributed by atoms with E-state index in [4.69, 9.17) is 11.6 Å². The van der Waals surface area contributed by atoms with Crippen LogP contribution in [-0.4, -0.2) is 22.7 Å². The van der Waals surface area contributed by atoms with Crippen LogP contribution in [0.4, 0.5) is 5.82 Å². The minimum atomic E-state index is -0.521. The number of carbonyl (C=O) groups excluding carboxylic acids is 1. The fourth-order valence-corrected chi connectivity index (χ4v) is 2.78. The lowest BCUT2D eigenvalue weighted by atomic mass is 9.96. The Hall–Kier alpha value is -1.33. The van der Waals surface area contributed by atoms with Crippen LogP contribution in [0.5, 0.6) is 0 Å². The van der Waals surface area contributed by atoms with Gasteiger partial charge in [0.2, 0.25) is 0 Å². The van der Waals surface area contributed by atoms with E-state index in [-0.39, 0.29) is 5.91 Å². The summed E-state index contributed by atoms with van der Waals surface area (Å²) in [6.07, 6.45) is 0. The van der Waals surface area contributed by atoms with Gasteiger partial charge >= 0.3 is 0 Å². The molecule has 102 valence electrons. The average Bonchev–Trinajstić information content (AvgIpc) is 2.93. The molecule has 0 amide bonds. The average molecular weight is 298 g/mol. The third-order valence-corrected chi connectivity index (χ3v) is 3.89. The predicted molar refractivity (Wildman–Crippen MR) is 80.2 cm³/mol. The van der Waals surface area contributed by atoms with Crippen LogP contribution in [0.1, 0.15) is 25.6 Å². The molecule has 0 saturated carbocycles. The molecule has 6 heteroatoms. The summed E-state index contributed by atoms with van der Waals surface area (Å²) in [6.45, 7) is 5.59. The molecular weight excluding hydrogens is 282 g/mol. The van der Waals surface area contributed by atoms with Crippen molar-refractivity contribution in [1.29, 1.82) is 0 Å². The van der Waals surface area contributed by atoms with Gasteiger partial charge in [-0.2, -0.15) is 4.68 Å². The maximum absolute atomic E-state index is 12.5. The van der Waals surface area contributed by atoms with Gasteiger partial charge in [-0.05, 0) is 11.4 Å². The first kappa shape index (κ1) is 14.1. The largest absolute Gasteiger partial charge is 0.370 e. The Morgan fingerprint density at radius 2 is 2.16 bits per heavy atom. The van der Waals surface area contributed by atoms with E-state index < -0.39 is 5.41 Å². The molecule has 0 aliphatic carbocycles. The van der Waals surface area contributed by atoms with Crippen LogP contribution in [0.2, 0.25) is 5.02 Å². The van der Waals surface area contributed by atoms with E-state index in [1.165, 1.54) is 16.0 Å². The Kier molecular flexibility index (Phi) is 3.69. The standard InChI is InChI=1S/C13H16ClN3OS/c1-13(2,3)12(18)17-10(8-6-5-7-19-8)9(14)11(15-4)16-17/h5-7H,1-4H3,(H,15,16). The summed E-state index contributed by atoms with van der Waals surface area (Å²) in [5.41, 5.74) is 0.132. The smallest absolute Gasteiger partial charge is 0.252 e. The highest BCUT2D eigenvalue weighted by Gasteiger charge is 2.29. The lowest BCUT2D eigenvalue weighted by Gasteiger charge is -2.17. The summed E-state index contributed by atoms with van der Waals surface area (Å²) in [5, 5.41) is 9.62. The van der Waals surface area contributed by atoms with E-state index in [1.54, 1.807) is 7.05 Å². The summed E-state index contributed by atoms with van der Waals surface area (Å²) in [4.78, 5) is 13.4. The zero-order valence-electron chi connectivity index (χ0n) is 11.3. The Balaban J connectivity index is 2.64. The van der Waals surface area contributed by atoms with Crippen molar-refractivity contribution in [1.82, 2.24) is 9.78 Å². The normalized spacial score (nSPS) is 11.6. The number of nitrogens with one attached hydrogen (secondary N) is 1. The van der Waals surface area contributed by atoms with E-state index >= 15 is 0 Å². The van der Waals surface area contributed by atoms with Gasteiger partial charge in [0.1, 0.15) is 10.7 Å². The molecular formula is C13H16ClN3OS. The van der Waals surface area contributed by atoms with Crippen LogP contribution < -0.4 is 5.32 Å². The molecule has 0 radical (unpaired) electrons. The van der Waals surface area contributed by atoms with Gasteiger partial charge in [0.05, 0.1) is 4.88 Å². The molecule has 2 heterocycles. The second-order valence-corrected chi connectivity index (χ2v) is 6.53. The van der Waals surface area contributed by atoms with Crippen molar-refractivity contribution in [2.45, 2.75) is 20.8 Å². The van der Waals surface area contributed by atoms with Gasteiger partial charge in [-0.15, -0.1) is 16.4 Å². The van der Waals surface area contributed by atoms with Gasteiger partial charge in [-0.1, -0.05) is 38.4 Å². The highest BCUT2D eigenvalue weighted by Crippen LogP contribution is 2.37. The van der Waals surface area contributed by atoms with Crippen molar-refractivity contribution in [3.8, 4) is 10.6 Å². The number of thiophene rings is 1. The van der Waals surface area contributed by atoms with E-state index in [0.717, 1.165) is 4.88 Å². The van der Waals surface area contributed by atoms with Crippen molar-refractivity contribution in [2.75, 3.05) is 12.4 Å². The first-order valence-corrected chi connectivity index (χ1v) is 7.17. The molecule has 0 aliphatic rings. The maximum Gasteiger partial charge on any atom is 0.252 e. The molecule has 0 spiro atoms. The number of anilines is 1. The van der Waals surface area contributed by atoms with Crippen molar-refractivity contribution in [3.63, 3.8) is 0 Å². The third kappa shape index (κ3) is 2.53. The van der Waals surface area contributed by atoms with E-state index in [2.05, 4.69) is 10.4 Å². The Morgan fingerprint density at radius 3 is 2.63 bits per heavy atom. The quantitative estimate of drug-likeness (QED) is 0.911. The zero-order valence-corrected chi connectivity index (χ0v) is 12.9. The summed E-state index contributed by atoms with van der Waals surface area (Å²) < 4.78 is 1.40. The van der Waals surface area contributed by atoms with Crippen LogP contribution in [0.25, 0.3) is 10.6 Å². The van der Waals surface area contributed by atoms with Crippen LogP contribution in [0.3, 0.4) is 0 Å². The van der Waals surface area contributed by atoms with E-state index in [0.29, 0.717) is 16.5 Å². The van der Waals surface area contributed by atoms with Gasteiger partial charge in [-0.25, -0.2) is 0 Å². The van der Waals surface area contributed by atoms with Crippen LogP contribution in [-0.2, 0) is 0 Å². The topological polar surface area (TPSA) is 46.9 Å². The van der Waals surface area contributed by atoms with Crippen LogP contribution in [0, 0.1) is 5.41 Å². The molecule has 2 rings (SSSR count). The molecule has 1 N–H and O–H groups in total. The van der Waals surface area contributed by atoms with Crippen molar-refractivity contribution >= 4 is 34.7 Å². The minimum absolute atomic E-state index is 0.0840. The van der Waals surface area contributed by atoms with Crippen LogP contribution in [0.15, 0.2) is 17.5 Å². The van der Waals surface area contributed by atoms with Crippen molar-refractivity contribution in [2.24, 2.45) is 5.41 Å². The van der Waals surface area contributed by atoms with Crippen LogP contribution >= 0.6 is 22.9 Å². The zero-order chi connectivity index (χ0) is 14.2. The molecule has 4 nitrogen and oxygen atoms in total. The second kappa shape index (κ2) is 4.98. The van der Waals surface area contributed by atoms with Gasteiger partial charge < -0.3 is 5.32 Å². The first-order valence-electron chi connectivity index (χ1n) is 5.91. The maximum atomic E-state index is 12.5. The molecule has 0 atom stereocenters. The molecule has 0 fully saturated rings. The number of hydrogen-bond acceptors (Lipinski definition) is 4. The molecule has 0 unspecified atom stereocenters. The number of hydrogen-bond donors (Lipinski definition) is 1. The van der Waals surface area contributed by atoms with Crippen molar-refractivity contribution < 1.29 is 4.79 Å². The highest BCUT2D eigenvalue weighted by molar-refractivity contribution is 7.13. The molecule has 2 aromatic heterocycles. The summed E-state index contributed by atoms with van der Waals surface area (Å²) in [5.74, 6) is 0.432. The third-order valence-electron chi connectivity index (χ3n) is 2.65. The van der Waals surface area contributed by atoms with E-state index in [9.17, 15) is 4.79 Å². The fraction of sp³-hybridized carbons (Fsp3) is 0.385. The second-order valence-electron chi connectivity index (χ2n) is 5.21. The van der Waals surface area contributed by atoms with Gasteiger partial charge in [0, 0.05) is 12.5 Å². The lowest BCUT2D eigenvalue weighted by molar-refractivity contribution is 0.0752. The number of rotatable bonds is 2. The fourth-order valence-electron chi connectivity index (χ4n) is 1.65. The molecule has 2 aromatic rings. The Labute approximate surface area is 121 Å². The number of halogens is 1. The number of nitrogens with zero attached hydrogens (tertiary/aromatic N) is 2. The van der Waals surface area contributed by atoms with E-state index in [1.807, 2.05) is 38.3 Å². The molecule has 19 heavy (non-hydrogen) atoms. The molecule has 0 aliphatic heterocycles. The summed E-state index contributed by atoms with van der Waals surface area (Å²) >= 11 is 7.85.